The molecule has 0 aromatic heterocycles. The lowest BCUT2D eigenvalue weighted by Crippen LogP contribution is -2.47. The van der Waals surface area contributed by atoms with Gasteiger partial charge in [0.15, 0.2) is 0 Å². The first-order chi connectivity index (χ1) is 15.1. The highest BCUT2D eigenvalue weighted by atomic mass is 16.7. The van der Waals surface area contributed by atoms with E-state index in [9.17, 15) is 25.2 Å². The summed E-state index contributed by atoms with van der Waals surface area (Å²) in [6, 6.07) is 8.60. The maximum absolute atomic E-state index is 12.0. The number of carboxylic acid groups (broad SMARTS) is 1. The highest BCUT2D eigenvalue weighted by molar-refractivity contribution is 5.76. The number of hydrogen-bond acceptors (Lipinski definition) is 6. The molecule has 0 bridgehead atoms. The number of aliphatic hydroxyl groups excluding tert-OH is 2. The van der Waals surface area contributed by atoms with Gasteiger partial charge in [0.05, 0.1) is 24.2 Å². The minimum Gasteiger partial charge on any atom is -0.476 e. The SMILES string of the molecule is CCOC(CC=C=CC[C@@H]1[C@@H](C=CC(C)(C)[16OH])[C@H]([16OH])C[C@@H]1[16OH])(Oc1ccccc1)C(=O)O. The molecule has 0 radical (unpaired) electrons. The third-order valence-electron chi connectivity index (χ3n) is 5.37. The topological polar surface area (TPSA) is 116 Å². The van der Waals surface area contributed by atoms with E-state index in [2.05, 4.69) is 5.73 Å². The summed E-state index contributed by atoms with van der Waals surface area (Å²) >= 11 is 0. The number of ether oxygens (including phenoxy) is 2. The van der Waals surface area contributed by atoms with Crippen LogP contribution in [0.2, 0.25) is 0 Å². The van der Waals surface area contributed by atoms with Crippen LogP contribution in [0.5, 0.6) is 5.75 Å². The van der Waals surface area contributed by atoms with Gasteiger partial charge in [0.1, 0.15) is 5.75 Å². The summed E-state index contributed by atoms with van der Waals surface area (Å²) in [7, 11) is 0. The van der Waals surface area contributed by atoms with Crippen molar-refractivity contribution < 1.29 is 34.7 Å². The van der Waals surface area contributed by atoms with Crippen LogP contribution in [0.4, 0.5) is 0 Å². The second-order valence-corrected chi connectivity index (χ2v) is 8.55. The molecule has 176 valence electrons. The third kappa shape index (κ3) is 7.33. The molecule has 1 aromatic carbocycles. The maximum Gasteiger partial charge on any atom is 0.377 e. The Morgan fingerprint density at radius 2 is 1.88 bits per heavy atom. The van der Waals surface area contributed by atoms with Gasteiger partial charge < -0.3 is 29.9 Å². The average molecular weight is 447 g/mol. The number of para-hydroxylation sites is 1. The van der Waals surface area contributed by atoms with Crippen LogP contribution in [-0.4, -0.2) is 56.6 Å². The van der Waals surface area contributed by atoms with Gasteiger partial charge in [-0.15, -0.1) is 5.73 Å². The van der Waals surface area contributed by atoms with E-state index in [4.69, 9.17) is 9.47 Å². The predicted molar refractivity (Wildman–Crippen MR) is 120 cm³/mol. The van der Waals surface area contributed by atoms with E-state index in [0.717, 1.165) is 0 Å². The molecular formula is C25H34O7. The van der Waals surface area contributed by atoms with E-state index in [1.54, 1.807) is 69.3 Å². The van der Waals surface area contributed by atoms with Crippen molar-refractivity contribution in [3.05, 3.63) is 60.4 Å². The third-order valence-corrected chi connectivity index (χ3v) is 5.37. The van der Waals surface area contributed by atoms with Crippen LogP contribution in [0.25, 0.3) is 0 Å². The lowest BCUT2D eigenvalue weighted by Gasteiger charge is -2.28. The zero-order valence-electron chi connectivity index (χ0n) is 18.8. The van der Waals surface area contributed by atoms with Crippen molar-refractivity contribution >= 4 is 5.97 Å². The van der Waals surface area contributed by atoms with Gasteiger partial charge >= 0.3 is 11.8 Å². The molecule has 4 N–H and O–H groups in total. The van der Waals surface area contributed by atoms with Crippen LogP contribution in [-0.2, 0) is 9.53 Å². The molecule has 1 aliphatic carbocycles. The van der Waals surface area contributed by atoms with Crippen LogP contribution in [0.3, 0.4) is 0 Å². The molecule has 7 nitrogen and oxygen atoms in total. The summed E-state index contributed by atoms with van der Waals surface area (Å²) in [5, 5.41) is 40.3. The Balaban J connectivity index is 2.11. The molecule has 0 heterocycles. The largest absolute Gasteiger partial charge is 0.476 e. The number of benzene rings is 1. The van der Waals surface area contributed by atoms with Crippen LogP contribution >= 0.6 is 0 Å². The van der Waals surface area contributed by atoms with Gasteiger partial charge in [-0.1, -0.05) is 30.4 Å². The fraction of sp³-hybridized carbons (Fsp3) is 0.520. The van der Waals surface area contributed by atoms with Gasteiger partial charge in [-0.3, -0.25) is 0 Å². The van der Waals surface area contributed by atoms with Crippen LogP contribution in [0.15, 0.2) is 60.4 Å². The Bertz CT molecular complexity index is 820. The van der Waals surface area contributed by atoms with E-state index in [-0.39, 0.29) is 31.3 Å². The van der Waals surface area contributed by atoms with E-state index in [1.165, 1.54) is 6.08 Å². The van der Waals surface area contributed by atoms with Crippen molar-refractivity contribution in [1.29, 1.82) is 0 Å². The van der Waals surface area contributed by atoms with Crippen molar-refractivity contribution in [3.63, 3.8) is 0 Å². The van der Waals surface area contributed by atoms with Gasteiger partial charge in [-0.2, -0.15) is 0 Å². The minimum atomic E-state index is -1.88. The molecule has 5 atom stereocenters. The van der Waals surface area contributed by atoms with Crippen LogP contribution in [0, 0.1) is 11.8 Å². The molecule has 1 unspecified atom stereocenters. The zero-order valence-corrected chi connectivity index (χ0v) is 18.8. The lowest BCUT2D eigenvalue weighted by molar-refractivity contribution is -0.209. The molecular weight excluding hydrogens is 412 g/mol. The molecule has 0 amide bonds. The molecule has 2 rings (SSSR count). The smallest absolute Gasteiger partial charge is 0.377 e. The summed E-state index contributed by atoms with van der Waals surface area (Å²) in [5.41, 5.74) is 1.95. The Kier molecular flexibility index (Phi) is 9.25. The first kappa shape index (κ1) is 25.8. The monoisotopic (exact) mass is 446 g/mol. The summed E-state index contributed by atoms with van der Waals surface area (Å²) in [6.07, 6.45) is 5.87. The number of rotatable bonds is 11. The zero-order chi connectivity index (χ0) is 23.8. The van der Waals surface area contributed by atoms with Crippen molar-refractivity contribution in [3.8, 4) is 5.75 Å². The van der Waals surface area contributed by atoms with Gasteiger partial charge in [-0.25, -0.2) is 4.79 Å². The second kappa shape index (κ2) is 11.5. The van der Waals surface area contributed by atoms with E-state index in [1.807, 2.05) is 0 Å². The highest BCUT2D eigenvalue weighted by Gasteiger charge is 2.42. The summed E-state index contributed by atoms with van der Waals surface area (Å²) < 4.78 is 11.2. The number of carboxylic acids is 1. The normalized spacial score (nSPS) is 25.2. The molecule has 7 heteroatoms. The molecule has 1 aliphatic rings. The van der Waals surface area contributed by atoms with Crippen LogP contribution < -0.4 is 4.74 Å². The number of carbonyl (C=O) groups is 1. The molecule has 1 saturated carbocycles. The first-order valence-electron chi connectivity index (χ1n) is 10.9. The fourth-order valence-corrected chi connectivity index (χ4v) is 3.77. The molecule has 0 saturated heterocycles. The summed E-state index contributed by atoms with van der Waals surface area (Å²) in [6.45, 7) is 5.13. The van der Waals surface area contributed by atoms with Crippen molar-refractivity contribution in [1.82, 2.24) is 0 Å². The molecule has 1 fully saturated rings. The number of hydrogen-bond donors (Lipinski definition) is 4. The van der Waals surface area contributed by atoms with Crippen LogP contribution in [0.1, 0.15) is 40.0 Å². The maximum atomic E-state index is 12.0. The van der Waals surface area contributed by atoms with Gasteiger partial charge in [-0.05, 0) is 57.4 Å². The van der Waals surface area contributed by atoms with E-state index >= 15 is 0 Å². The highest BCUT2D eigenvalue weighted by Crippen LogP contribution is 2.36. The van der Waals surface area contributed by atoms with Gasteiger partial charge in [0.2, 0.25) is 0 Å². The molecule has 1 aromatic rings. The van der Waals surface area contributed by atoms with Crippen molar-refractivity contribution in [2.24, 2.45) is 11.8 Å². The molecule has 0 aliphatic heterocycles. The van der Waals surface area contributed by atoms with Gasteiger partial charge in [0, 0.05) is 18.9 Å². The van der Waals surface area contributed by atoms with Gasteiger partial charge in [0.25, 0.3) is 0 Å². The second-order valence-electron chi connectivity index (χ2n) is 8.55. The van der Waals surface area contributed by atoms with E-state index in [0.29, 0.717) is 12.2 Å². The summed E-state index contributed by atoms with van der Waals surface area (Å²) in [4.78, 5) is 12.0. The van der Waals surface area contributed by atoms with E-state index < -0.39 is 29.6 Å². The quantitative estimate of drug-likeness (QED) is 0.234. The minimum absolute atomic E-state index is 0.0700. The molecule has 32 heavy (non-hydrogen) atoms. The van der Waals surface area contributed by atoms with Crippen molar-refractivity contribution in [2.75, 3.05) is 6.61 Å². The first-order valence-corrected chi connectivity index (χ1v) is 10.9. The Labute approximate surface area is 189 Å². The standard InChI is InChI=1S/C25H34O7/c1-4-31-25(23(28)29,32-18-11-7-5-8-12-18)15-10-6-9-13-19-20(14-16-24(2,3)30)22(27)17-21(19)26/h5,7-12,14,16,19-22,26-27,30H,4,13,15,17H2,1-3H3,(H,28,29)/t6?,19-,20-,21+,22-,25?/m1/s1/i26+0,27+0,30+0. The lowest BCUT2D eigenvalue weighted by atomic mass is 9.89. The Hall–Kier alpha value is -2.41. The Morgan fingerprint density at radius 3 is 2.47 bits per heavy atom. The average Bonchev–Trinajstić information content (AvgIpc) is 2.98. The Morgan fingerprint density at radius 1 is 1.19 bits per heavy atom. The van der Waals surface area contributed by atoms with Crippen molar-refractivity contribution in [2.45, 2.75) is 63.6 Å². The predicted octanol–water partition coefficient (Wildman–Crippen LogP) is 3.06. The molecule has 0 spiro atoms. The summed E-state index contributed by atoms with van der Waals surface area (Å²) in [5.74, 6) is -3.27. The number of aliphatic hydroxyl groups is 3. The fourth-order valence-electron chi connectivity index (χ4n) is 3.77. The number of aliphatic carboxylic acids is 1.